The lowest BCUT2D eigenvalue weighted by Crippen LogP contribution is -2.36. The number of rotatable bonds is 8. The number of ether oxygens (including phenoxy) is 1. The fourth-order valence-electron chi connectivity index (χ4n) is 6.39. The van der Waals surface area contributed by atoms with E-state index in [9.17, 15) is 9.59 Å². The summed E-state index contributed by atoms with van der Waals surface area (Å²) in [5.74, 6) is 1.06. The van der Waals surface area contributed by atoms with Gasteiger partial charge in [0.1, 0.15) is 5.82 Å². The Morgan fingerprint density at radius 3 is 2.59 bits per heavy atom. The van der Waals surface area contributed by atoms with E-state index in [-0.39, 0.29) is 23.6 Å². The van der Waals surface area contributed by atoms with Crippen LogP contribution >= 0.6 is 23.2 Å². The van der Waals surface area contributed by atoms with Gasteiger partial charge in [-0.15, -0.1) is 0 Å². The van der Waals surface area contributed by atoms with Crippen molar-refractivity contribution in [2.24, 2.45) is 7.05 Å². The van der Waals surface area contributed by atoms with Gasteiger partial charge in [0.2, 0.25) is 11.8 Å². The van der Waals surface area contributed by atoms with Crippen LogP contribution in [0.2, 0.25) is 10.0 Å². The molecule has 0 saturated carbocycles. The molecule has 2 atom stereocenters. The van der Waals surface area contributed by atoms with Crippen molar-refractivity contribution in [3.05, 3.63) is 92.5 Å². The molecule has 2 aromatic carbocycles. The Labute approximate surface area is 275 Å². The van der Waals surface area contributed by atoms with Crippen molar-refractivity contribution >= 4 is 51.4 Å². The van der Waals surface area contributed by atoms with Crippen LogP contribution in [0.25, 0.3) is 33.2 Å². The molecule has 4 heterocycles. The Kier molecular flexibility index (Phi) is 8.10. The van der Waals surface area contributed by atoms with Gasteiger partial charge in [-0.25, -0.2) is 14.6 Å². The summed E-state index contributed by atoms with van der Waals surface area (Å²) in [4.78, 5) is 33.9. The first-order valence-corrected chi connectivity index (χ1v) is 15.8. The molecule has 2 aliphatic rings. The van der Waals surface area contributed by atoms with Crippen LogP contribution in [0.4, 0.5) is 11.5 Å². The first-order valence-electron chi connectivity index (χ1n) is 15.1. The standard InChI is InChI=1S/C34H31Cl2N7O3/c1-43-34(45)29-19(16-39-43)13-14-37-32(29)41-25-8-4-6-22(31(25)36)21-5-3-7-23(30(21)35)26-15-18-9-11-24(28(18)33(42-26)46-2)38-17-20-10-12-27(44)40-20/h3-8,13-16,20,24,38H,9-12,17H2,1-2H3,(H,37,41)(H,40,44)/t20-,24?/m1/s1. The number of fused-ring (bicyclic) bond motifs is 2. The van der Waals surface area contributed by atoms with E-state index in [1.165, 1.54) is 4.68 Å². The number of amides is 1. The molecule has 0 bridgehead atoms. The third-order valence-electron chi connectivity index (χ3n) is 8.73. The number of pyridine rings is 2. The Morgan fingerprint density at radius 2 is 1.80 bits per heavy atom. The maximum Gasteiger partial charge on any atom is 0.278 e. The van der Waals surface area contributed by atoms with Crippen LogP contribution in [0.15, 0.2) is 65.7 Å². The Morgan fingerprint density at radius 1 is 1.02 bits per heavy atom. The summed E-state index contributed by atoms with van der Waals surface area (Å²) < 4.78 is 7.08. The van der Waals surface area contributed by atoms with Crippen LogP contribution in [-0.4, -0.2) is 45.4 Å². The van der Waals surface area contributed by atoms with Crippen molar-refractivity contribution in [2.75, 3.05) is 19.0 Å². The van der Waals surface area contributed by atoms with Gasteiger partial charge in [0, 0.05) is 65.9 Å². The minimum atomic E-state index is -0.266. The van der Waals surface area contributed by atoms with Crippen LogP contribution in [0, 0.1) is 0 Å². The van der Waals surface area contributed by atoms with E-state index in [0.29, 0.717) is 62.4 Å². The Balaban J connectivity index is 1.21. The molecule has 0 spiro atoms. The van der Waals surface area contributed by atoms with E-state index in [1.807, 2.05) is 36.4 Å². The van der Waals surface area contributed by atoms with Gasteiger partial charge < -0.3 is 20.7 Å². The number of nitrogens with one attached hydrogen (secondary N) is 3. The maximum atomic E-state index is 12.9. The van der Waals surface area contributed by atoms with Crippen LogP contribution in [0.3, 0.4) is 0 Å². The minimum absolute atomic E-state index is 0.0903. The molecular formula is C34H31Cl2N7O3. The number of carbonyl (C=O) groups is 1. The molecule has 1 amide bonds. The predicted octanol–water partition coefficient (Wildman–Crippen LogP) is 5.97. The van der Waals surface area contributed by atoms with Gasteiger partial charge in [-0.2, -0.15) is 5.10 Å². The zero-order valence-corrected chi connectivity index (χ0v) is 26.7. The number of aryl methyl sites for hydroxylation is 2. The number of halogens is 2. The molecule has 1 saturated heterocycles. The second-order valence-corrected chi connectivity index (χ2v) is 12.3. The SMILES string of the molecule is COc1nc(-c2cccc(-c3cccc(Nc4nccc5cnn(C)c(=O)c45)c3Cl)c2Cl)cc2c1C(NC[C@H]1CCC(=O)N1)CC2. The molecule has 10 nitrogen and oxygen atoms in total. The molecule has 12 heteroatoms. The molecule has 0 radical (unpaired) electrons. The monoisotopic (exact) mass is 655 g/mol. The van der Waals surface area contributed by atoms with Gasteiger partial charge >= 0.3 is 0 Å². The van der Waals surface area contributed by atoms with Crippen LogP contribution < -0.4 is 26.2 Å². The highest BCUT2D eigenvalue weighted by Gasteiger charge is 2.30. The van der Waals surface area contributed by atoms with E-state index >= 15 is 0 Å². The van der Waals surface area contributed by atoms with Crippen molar-refractivity contribution in [1.29, 1.82) is 0 Å². The molecule has 1 unspecified atom stereocenters. The van der Waals surface area contributed by atoms with Gasteiger partial charge in [0.15, 0.2) is 0 Å². The number of benzene rings is 2. The first kappa shape index (κ1) is 30.2. The van der Waals surface area contributed by atoms with Gasteiger partial charge in [0.25, 0.3) is 5.56 Å². The number of aromatic nitrogens is 4. The highest BCUT2D eigenvalue weighted by Crippen LogP contribution is 2.44. The van der Waals surface area contributed by atoms with E-state index in [1.54, 1.807) is 32.6 Å². The zero-order chi connectivity index (χ0) is 31.9. The largest absolute Gasteiger partial charge is 0.481 e. The van der Waals surface area contributed by atoms with Gasteiger partial charge in [-0.1, -0.05) is 53.5 Å². The molecule has 3 N–H and O–H groups in total. The van der Waals surface area contributed by atoms with Crippen molar-refractivity contribution in [3.8, 4) is 28.3 Å². The van der Waals surface area contributed by atoms with Crippen LogP contribution in [0.5, 0.6) is 5.88 Å². The number of carbonyl (C=O) groups excluding carboxylic acids is 1. The molecule has 7 rings (SSSR count). The van der Waals surface area contributed by atoms with E-state index in [0.717, 1.165) is 41.5 Å². The lowest BCUT2D eigenvalue weighted by Gasteiger charge is -2.20. The molecule has 1 aliphatic heterocycles. The molecule has 234 valence electrons. The summed E-state index contributed by atoms with van der Waals surface area (Å²) in [5, 5.41) is 16.0. The minimum Gasteiger partial charge on any atom is -0.481 e. The molecule has 46 heavy (non-hydrogen) atoms. The summed E-state index contributed by atoms with van der Waals surface area (Å²) in [6, 6.07) is 15.4. The highest BCUT2D eigenvalue weighted by atomic mass is 35.5. The fraction of sp³-hybridized carbons (Fsp3) is 0.265. The van der Waals surface area contributed by atoms with E-state index < -0.39 is 0 Å². The summed E-state index contributed by atoms with van der Waals surface area (Å²) in [6.45, 7) is 0.702. The summed E-state index contributed by atoms with van der Waals surface area (Å²) >= 11 is 14.1. The quantitative estimate of drug-likeness (QED) is 0.187. The van der Waals surface area contributed by atoms with Gasteiger partial charge in [-0.05, 0) is 43.0 Å². The number of hydrogen-bond donors (Lipinski definition) is 3. The molecule has 1 aliphatic carbocycles. The Hall–Kier alpha value is -4.51. The summed E-state index contributed by atoms with van der Waals surface area (Å²) in [7, 11) is 3.23. The van der Waals surface area contributed by atoms with E-state index in [4.69, 9.17) is 32.9 Å². The first-order chi connectivity index (χ1) is 22.3. The second kappa shape index (κ2) is 12.4. The molecule has 5 aromatic rings. The van der Waals surface area contributed by atoms with Gasteiger partial charge in [0.05, 0.1) is 40.1 Å². The number of hydrogen-bond acceptors (Lipinski definition) is 8. The number of anilines is 2. The third kappa shape index (κ3) is 5.46. The smallest absolute Gasteiger partial charge is 0.278 e. The zero-order valence-electron chi connectivity index (χ0n) is 25.2. The highest BCUT2D eigenvalue weighted by molar-refractivity contribution is 6.39. The predicted molar refractivity (Wildman–Crippen MR) is 180 cm³/mol. The van der Waals surface area contributed by atoms with Crippen molar-refractivity contribution in [1.82, 2.24) is 30.4 Å². The molecular weight excluding hydrogens is 625 g/mol. The van der Waals surface area contributed by atoms with Crippen molar-refractivity contribution < 1.29 is 9.53 Å². The summed E-state index contributed by atoms with van der Waals surface area (Å²) in [6.07, 6.45) is 6.45. The third-order valence-corrected chi connectivity index (χ3v) is 9.54. The average Bonchev–Trinajstić information content (AvgIpc) is 3.68. The molecule has 1 fully saturated rings. The maximum absolute atomic E-state index is 12.9. The van der Waals surface area contributed by atoms with E-state index in [2.05, 4.69) is 32.1 Å². The summed E-state index contributed by atoms with van der Waals surface area (Å²) in [5.41, 5.74) is 5.43. The van der Waals surface area contributed by atoms with Crippen LogP contribution in [-0.2, 0) is 18.3 Å². The van der Waals surface area contributed by atoms with Crippen molar-refractivity contribution in [3.63, 3.8) is 0 Å². The van der Waals surface area contributed by atoms with Crippen molar-refractivity contribution in [2.45, 2.75) is 37.8 Å². The lowest BCUT2D eigenvalue weighted by atomic mass is 9.99. The number of nitrogens with zero attached hydrogens (tertiary/aromatic N) is 4. The molecule has 3 aromatic heterocycles. The average molecular weight is 657 g/mol. The fourth-order valence-corrected chi connectivity index (χ4v) is 6.99. The van der Waals surface area contributed by atoms with Gasteiger partial charge in [-0.3, -0.25) is 9.59 Å². The van der Waals surface area contributed by atoms with Crippen LogP contribution in [0.1, 0.15) is 36.4 Å². The normalized spacial score (nSPS) is 17.3. The number of methoxy groups -OCH3 is 1. The second-order valence-electron chi connectivity index (χ2n) is 11.5. The Bertz CT molecular complexity index is 2070. The topological polar surface area (TPSA) is 123 Å². The lowest BCUT2D eigenvalue weighted by molar-refractivity contribution is -0.119.